The van der Waals surface area contributed by atoms with Gasteiger partial charge in [0.05, 0.1) is 0 Å². The summed E-state index contributed by atoms with van der Waals surface area (Å²) in [5.74, 6) is -0.0463. The van der Waals surface area contributed by atoms with Crippen molar-refractivity contribution >= 4 is 5.78 Å². The second kappa shape index (κ2) is 1.37. The van der Waals surface area contributed by atoms with Crippen molar-refractivity contribution in [3.63, 3.8) is 0 Å². The second-order valence-electron chi connectivity index (χ2n) is 1.58. The summed E-state index contributed by atoms with van der Waals surface area (Å²) in [7, 11) is 0. The monoisotopic (exact) mass is 97.0 g/mol. The van der Waals surface area contributed by atoms with Gasteiger partial charge in [0.2, 0.25) is 0 Å². The zero-order valence-electron chi connectivity index (χ0n) is 3.81. The molecule has 0 aromatic heterocycles. The Morgan fingerprint density at radius 3 is 2.43 bits per heavy atom. The van der Waals surface area contributed by atoms with E-state index in [1.54, 1.807) is 0 Å². The Balaban J connectivity index is 2.67. The molecule has 0 fully saturated rings. The molecular weight excluding hydrogens is 92.1 g/mol. The Bertz CT molecular complexity index is 124. The largest absolute Gasteiger partial charge is 0.875 e. The second-order valence-corrected chi connectivity index (χ2v) is 1.58. The zero-order chi connectivity index (χ0) is 5.28. The fraction of sp³-hybridized carbons (Fsp3) is 0.400. The summed E-state index contributed by atoms with van der Waals surface area (Å²) in [6.07, 6.45) is 2.03. The van der Waals surface area contributed by atoms with Crippen LogP contribution >= 0.6 is 0 Å². The van der Waals surface area contributed by atoms with Gasteiger partial charge in [0, 0.05) is 6.42 Å². The Morgan fingerprint density at radius 2 is 2.29 bits per heavy atom. The molecule has 2 heteroatoms. The van der Waals surface area contributed by atoms with Crippen molar-refractivity contribution in [1.82, 2.24) is 0 Å². The Hall–Kier alpha value is -0.790. The number of allylic oxidation sites excluding steroid dienone is 2. The van der Waals surface area contributed by atoms with Gasteiger partial charge in [-0.1, -0.05) is 0 Å². The minimum atomic E-state index is -0.0231. The molecule has 0 spiro atoms. The molecule has 0 amide bonds. The molecule has 0 aliphatic heterocycles. The Morgan fingerprint density at radius 1 is 1.57 bits per heavy atom. The third kappa shape index (κ3) is 0.796. The summed E-state index contributed by atoms with van der Waals surface area (Å²) in [6.45, 7) is 0. The van der Waals surface area contributed by atoms with E-state index < -0.39 is 0 Å². The van der Waals surface area contributed by atoms with Crippen molar-refractivity contribution < 1.29 is 9.90 Å². The van der Waals surface area contributed by atoms with Crippen LogP contribution in [0, 0.1) is 0 Å². The number of hydrogen-bond acceptors (Lipinski definition) is 2. The van der Waals surface area contributed by atoms with Gasteiger partial charge in [-0.15, -0.1) is 5.76 Å². The van der Waals surface area contributed by atoms with Gasteiger partial charge in [-0.05, 0) is 12.5 Å². The number of hydrogen-bond donors (Lipinski definition) is 0. The predicted octanol–water partition coefficient (Wildman–Crippen LogP) is -0.407. The fourth-order valence-corrected chi connectivity index (χ4v) is 0.570. The third-order valence-electron chi connectivity index (χ3n) is 0.940. The summed E-state index contributed by atoms with van der Waals surface area (Å²) in [4.78, 5) is 10.2. The number of carbonyl (C=O) groups is 1. The Labute approximate surface area is 41.5 Å². The van der Waals surface area contributed by atoms with E-state index in [0.717, 1.165) is 0 Å². The quantitative estimate of drug-likeness (QED) is 0.412. The molecule has 0 radical (unpaired) electrons. The van der Waals surface area contributed by atoms with E-state index in [9.17, 15) is 9.90 Å². The van der Waals surface area contributed by atoms with Crippen LogP contribution in [0.2, 0.25) is 0 Å². The van der Waals surface area contributed by atoms with Gasteiger partial charge in [0.15, 0.2) is 5.78 Å². The maximum Gasteiger partial charge on any atom is 0.155 e. The van der Waals surface area contributed by atoms with Crippen LogP contribution in [0.5, 0.6) is 0 Å². The molecule has 0 unspecified atom stereocenters. The summed E-state index contributed by atoms with van der Waals surface area (Å²) < 4.78 is 0. The first-order valence-corrected chi connectivity index (χ1v) is 2.19. The highest BCUT2D eigenvalue weighted by molar-refractivity contribution is 5.92. The van der Waals surface area contributed by atoms with Gasteiger partial charge < -0.3 is 5.11 Å². The molecule has 0 aromatic carbocycles. The van der Waals surface area contributed by atoms with E-state index in [4.69, 9.17) is 0 Å². The Kier molecular flexibility index (Phi) is 0.855. The molecule has 0 aromatic rings. The van der Waals surface area contributed by atoms with Crippen LogP contribution in [0.25, 0.3) is 0 Å². The van der Waals surface area contributed by atoms with E-state index in [-0.39, 0.29) is 11.5 Å². The standard InChI is InChI=1S/C5H6O2/c6-4-1-2-5(7)3-4/h3,6H,1-2H2/p-1. The van der Waals surface area contributed by atoms with E-state index >= 15 is 0 Å². The summed E-state index contributed by atoms with van der Waals surface area (Å²) in [5, 5.41) is 10.2. The summed E-state index contributed by atoms with van der Waals surface area (Å²) in [6, 6.07) is 0. The molecule has 2 nitrogen and oxygen atoms in total. The normalized spacial score (nSPS) is 20.0. The van der Waals surface area contributed by atoms with Crippen LogP contribution in [-0.4, -0.2) is 5.78 Å². The van der Waals surface area contributed by atoms with Crippen molar-refractivity contribution in [1.29, 1.82) is 0 Å². The SMILES string of the molecule is O=C1C=C([O-])CC1. The maximum absolute atomic E-state index is 10.2. The van der Waals surface area contributed by atoms with Crippen LogP contribution in [0.15, 0.2) is 11.8 Å². The molecule has 1 rings (SSSR count). The van der Waals surface area contributed by atoms with Gasteiger partial charge in [0.1, 0.15) is 0 Å². The number of ketones is 1. The lowest BCUT2D eigenvalue weighted by atomic mass is 10.3. The molecule has 0 saturated carbocycles. The smallest absolute Gasteiger partial charge is 0.155 e. The average Bonchev–Trinajstić information content (AvgIpc) is 1.87. The van der Waals surface area contributed by atoms with Crippen LogP contribution in [0.1, 0.15) is 12.8 Å². The first-order valence-electron chi connectivity index (χ1n) is 2.19. The topological polar surface area (TPSA) is 40.1 Å². The zero-order valence-corrected chi connectivity index (χ0v) is 3.81. The molecule has 7 heavy (non-hydrogen) atoms. The first-order chi connectivity index (χ1) is 3.29. The minimum absolute atomic E-state index is 0.0231. The maximum atomic E-state index is 10.2. The molecule has 1 aliphatic rings. The molecular formula is C5H5O2-. The van der Waals surface area contributed by atoms with Crippen molar-refractivity contribution in [3.05, 3.63) is 11.8 Å². The van der Waals surface area contributed by atoms with Gasteiger partial charge in [-0.25, -0.2) is 0 Å². The van der Waals surface area contributed by atoms with Crippen LogP contribution in [0.3, 0.4) is 0 Å². The van der Waals surface area contributed by atoms with Crippen LogP contribution < -0.4 is 5.11 Å². The van der Waals surface area contributed by atoms with Crippen LogP contribution in [-0.2, 0) is 4.79 Å². The van der Waals surface area contributed by atoms with Gasteiger partial charge in [-0.2, -0.15) is 0 Å². The predicted molar refractivity (Wildman–Crippen MR) is 22.3 cm³/mol. The average molecular weight is 97.1 g/mol. The van der Waals surface area contributed by atoms with Gasteiger partial charge >= 0.3 is 0 Å². The summed E-state index contributed by atoms with van der Waals surface area (Å²) >= 11 is 0. The van der Waals surface area contributed by atoms with Crippen molar-refractivity contribution in [2.45, 2.75) is 12.8 Å². The highest BCUT2D eigenvalue weighted by Gasteiger charge is 2.02. The van der Waals surface area contributed by atoms with E-state index in [0.29, 0.717) is 12.8 Å². The summed E-state index contributed by atoms with van der Waals surface area (Å²) in [5.41, 5.74) is 0. The molecule has 0 saturated heterocycles. The number of rotatable bonds is 0. The molecule has 0 heterocycles. The highest BCUT2D eigenvalue weighted by Crippen LogP contribution is 2.07. The molecule has 0 N–H and O–H groups in total. The van der Waals surface area contributed by atoms with E-state index in [1.165, 1.54) is 6.08 Å². The lowest BCUT2D eigenvalue weighted by molar-refractivity contribution is -0.305. The van der Waals surface area contributed by atoms with Gasteiger partial charge in [-0.3, -0.25) is 4.79 Å². The lowest BCUT2D eigenvalue weighted by Crippen LogP contribution is -1.97. The molecule has 0 atom stereocenters. The highest BCUT2D eigenvalue weighted by atomic mass is 16.3. The van der Waals surface area contributed by atoms with E-state index in [2.05, 4.69) is 0 Å². The minimum Gasteiger partial charge on any atom is -0.875 e. The number of carbonyl (C=O) groups excluding carboxylic acids is 1. The molecule has 38 valence electrons. The van der Waals surface area contributed by atoms with Crippen molar-refractivity contribution in [3.8, 4) is 0 Å². The fourth-order valence-electron chi connectivity index (χ4n) is 0.570. The third-order valence-corrected chi connectivity index (χ3v) is 0.940. The molecule has 0 bridgehead atoms. The molecule has 1 aliphatic carbocycles. The van der Waals surface area contributed by atoms with Crippen molar-refractivity contribution in [2.75, 3.05) is 0 Å². The van der Waals surface area contributed by atoms with E-state index in [1.807, 2.05) is 0 Å². The van der Waals surface area contributed by atoms with Crippen molar-refractivity contribution in [2.24, 2.45) is 0 Å². The van der Waals surface area contributed by atoms with Crippen LogP contribution in [0.4, 0.5) is 0 Å². The first kappa shape index (κ1) is 4.37. The van der Waals surface area contributed by atoms with Gasteiger partial charge in [0.25, 0.3) is 0 Å². The lowest BCUT2D eigenvalue weighted by Gasteiger charge is -1.98.